The van der Waals surface area contributed by atoms with E-state index in [0.29, 0.717) is 16.5 Å². The lowest BCUT2D eigenvalue weighted by molar-refractivity contribution is 0.0985. The molecule has 0 fully saturated rings. The van der Waals surface area contributed by atoms with Crippen LogP contribution in [0.3, 0.4) is 0 Å². The summed E-state index contributed by atoms with van der Waals surface area (Å²) in [6.07, 6.45) is 1.48. The zero-order valence-electron chi connectivity index (χ0n) is 11.3. The Morgan fingerprint density at radius 1 is 1.05 bits per heavy atom. The Morgan fingerprint density at radius 2 is 1.77 bits per heavy atom. The van der Waals surface area contributed by atoms with Gasteiger partial charge >= 0.3 is 0 Å². The molecular weight excluding hydrogens is 320 g/mol. The van der Waals surface area contributed by atoms with E-state index in [1.807, 2.05) is 0 Å². The van der Waals surface area contributed by atoms with Crippen molar-refractivity contribution in [3.8, 4) is 0 Å². The van der Waals surface area contributed by atoms with Crippen LogP contribution in [0.1, 0.15) is 10.4 Å². The van der Waals surface area contributed by atoms with Gasteiger partial charge in [0.05, 0.1) is 10.4 Å². The summed E-state index contributed by atoms with van der Waals surface area (Å²) in [5.74, 6) is -0.344. The summed E-state index contributed by atoms with van der Waals surface area (Å²) in [4.78, 5) is 11.8. The molecule has 3 aromatic rings. The van der Waals surface area contributed by atoms with Crippen molar-refractivity contribution in [1.29, 1.82) is 0 Å². The van der Waals surface area contributed by atoms with Crippen LogP contribution in [0.4, 0.5) is 0 Å². The summed E-state index contributed by atoms with van der Waals surface area (Å²) in [6.45, 7) is 0. The molecule has 0 bridgehead atoms. The van der Waals surface area contributed by atoms with Gasteiger partial charge in [-0.2, -0.15) is 0 Å². The zero-order valence-corrected chi connectivity index (χ0v) is 13.0. The molecule has 112 valence electrons. The van der Waals surface area contributed by atoms with Crippen LogP contribution in [0, 0.1) is 0 Å². The standard InChI is InChI=1S/C15H12N2O3S2/c18-15(16-21)12-6-7-14-11(10-12)8-9-17(14)22(19,20)13-4-2-1-3-5-13/h1-10,21H,(H,16,18). The Morgan fingerprint density at radius 3 is 2.45 bits per heavy atom. The van der Waals surface area contributed by atoms with E-state index in [4.69, 9.17) is 0 Å². The third-order valence-electron chi connectivity index (χ3n) is 3.32. The number of nitrogens with zero attached hydrogens (tertiary/aromatic N) is 1. The Balaban J connectivity index is 2.15. The predicted molar refractivity (Wildman–Crippen MR) is 87.4 cm³/mol. The zero-order chi connectivity index (χ0) is 15.7. The Bertz CT molecular complexity index is 947. The quantitative estimate of drug-likeness (QED) is 0.724. The van der Waals surface area contributed by atoms with Crippen LogP contribution in [0.2, 0.25) is 0 Å². The molecule has 0 radical (unpaired) electrons. The summed E-state index contributed by atoms with van der Waals surface area (Å²) in [5, 5.41) is 0.661. The number of hydrogen-bond acceptors (Lipinski definition) is 4. The Labute approximate surface area is 133 Å². The van der Waals surface area contributed by atoms with Crippen LogP contribution < -0.4 is 4.72 Å². The maximum atomic E-state index is 12.7. The molecule has 0 spiro atoms. The van der Waals surface area contributed by atoms with Crippen LogP contribution in [0.25, 0.3) is 10.9 Å². The molecule has 0 aliphatic rings. The molecule has 22 heavy (non-hydrogen) atoms. The number of hydrogen-bond donors (Lipinski definition) is 2. The average Bonchev–Trinajstić information content (AvgIpc) is 2.98. The molecule has 3 rings (SSSR count). The van der Waals surface area contributed by atoms with Crippen LogP contribution in [-0.2, 0) is 10.0 Å². The van der Waals surface area contributed by atoms with E-state index in [0.717, 1.165) is 0 Å². The highest BCUT2D eigenvalue weighted by molar-refractivity contribution is 7.90. The second kappa shape index (κ2) is 5.51. The minimum absolute atomic E-state index is 0.213. The summed E-state index contributed by atoms with van der Waals surface area (Å²) in [5.41, 5.74) is 0.928. The number of rotatable bonds is 3. The topological polar surface area (TPSA) is 68.2 Å². The van der Waals surface area contributed by atoms with Crippen molar-refractivity contribution >= 4 is 39.6 Å². The van der Waals surface area contributed by atoms with Crippen molar-refractivity contribution in [2.45, 2.75) is 4.90 Å². The van der Waals surface area contributed by atoms with Crippen molar-refractivity contribution in [3.05, 3.63) is 66.4 Å². The molecule has 1 amide bonds. The van der Waals surface area contributed by atoms with E-state index in [1.165, 1.54) is 10.2 Å². The molecule has 1 N–H and O–H groups in total. The maximum absolute atomic E-state index is 12.7. The lowest BCUT2D eigenvalue weighted by Crippen LogP contribution is -2.13. The van der Waals surface area contributed by atoms with Crippen molar-refractivity contribution in [1.82, 2.24) is 8.69 Å². The van der Waals surface area contributed by atoms with E-state index in [9.17, 15) is 13.2 Å². The molecule has 1 heterocycles. The number of amides is 1. The third kappa shape index (κ3) is 2.38. The van der Waals surface area contributed by atoms with Crippen molar-refractivity contribution < 1.29 is 13.2 Å². The summed E-state index contributed by atoms with van der Waals surface area (Å²) < 4.78 is 28.8. The molecule has 0 aliphatic carbocycles. The van der Waals surface area contributed by atoms with Crippen LogP contribution in [-0.4, -0.2) is 18.3 Å². The van der Waals surface area contributed by atoms with Gasteiger partial charge in [0.25, 0.3) is 15.9 Å². The van der Waals surface area contributed by atoms with Gasteiger partial charge in [0.15, 0.2) is 0 Å². The van der Waals surface area contributed by atoms with Crippen LogP contribution in [0.15, 0.2) is 65.7 Å². The fraction of sp³-hybridized carbons (Fsp3) is 0. The second-order valence-electron chi connectivity index (χ2n) is 4.64. The van der Waals surface area contributed by atoms with Gasteiger partial charge in [-0.05, 0) is 36.4 Å². The van der Waals surface area contributed by atoms with Gasteiger partial charge in [0, 0.05) is 17.1 Å². The van der Waals surface area contributed by atoms with E-state index in [-0.39, 0.29) is 10.8 Å². The van der Waals surface area contributed by atoms with E-state index in [1.54, 1.807) is 54.6 Å². The number of nitrogens with one attached hydrogen (secondary N) is 1. The molecule has 0 unspecified atom stereocenters. The molecule has 0 saturated heterocycles. The number of carbonyl (C=O) groups is 1. The highest BCUT2D eigenvalue weighted by atomic mass is 32.2. The molecule has 2 aromatic carbocycles. The Kier molecular flexibility index (Phi) is 3.67. The van der Waals surface area contributed by atoms with Crippen molar-refractivity contribution in [2.75, 3.05) is 0 Å². The first-order valence-corrected chi connectivity index (χ1v) is 8.29. The number of aromatic nitrogens is 1. The second-order valence-corrected chi connectivity index (χ2v) is 6.68. The molecular formula is C15H12N2O3S2. The van der Waals surface area contributed by atoms with Gasteiger partial charge in [-0.3, -0.25) is 9.52 Å². The average molecular weight is 332 g/mol. The minimum atomic E-state index is -3.66. The summed E-state index contributed by atoms with van der Waals surface area (Å²) in [7, 11) is -3.66. The van der Waals surface area contributed by atoms with Gasteiger partial charge in [-0.1, -0.05) is 31.0 Å². The van der Waals surface area contributed by atoms with Gasteiger partial charge in [-0.25, -0.2) is 12.4 Å². The van der Waals surface area contributed by atoms with Crippen molar-refractivity contribution in [3.63, 3.8) is 0 Å². The molecule has 1 aromatic heterocycles. The highest BCUT2D eigenvalue weighted by Crippen LogP contribution is 2.23. The minimum Gasteiger partial charge on any atom is -0.299 e. The van der Waals surface area contributed by atoms with Gasteiger partial charge < -0.3 is 0 Å². The first kappa shape index (κ1) is 14.7. The van der Waals surface area contributed by atoms with Crippen LogP contribution in [0.5, 0.6) is 0 Å². The Hall–Kier alpha value is -2.25. The molecule has 7 heteroatoms. The molecule has 5 nitrogen and oxygen atoms in total. The first-order valence-electron chi connectivity index (χ1n) is 6.40. The number of thiol groups is 1. The fourth-order valence-corrected chi connectivity index (χ4v) is 3.74. The van der Waals surface area contributed by atoms with Gasteiger partial charge in [-0.15, -0.1) is 0 Å². The van der Waals surface area contributed by atoms with Crippen LogP contribution >= 0.6 is 12.8 Å². The predicted octanol–water partition coefficient (Wildman–Crippen LogP) is 2.45. The third-order valence-corrected chi connectivity index (χ3v) is 5.23. The van der Waals surface area contributed by atoms with Gasteiger partial charge in [0.1, 0.15) is 0 Å². The lowest BCUT2D eigenvalue weighted by atomic mass is 10.1. The smallest absolute Gasteiger partial charge is 0.268 e. The number of fused-ring (bicyclic) bond motifs is 1. The number of benzene rings is 2. The largest absolute Gasteiger partial charge is 0.299 e. The lowest BCUT2D eigenvalue weighted by Gasteiger charge is -2.07. The monoisotopic (exact) mass is 332 g/mol. The van der Waals surface area contributed by atoms with E-state index >= 15 is 0 Å². The molecule has 0 saturated carbocycles. The maximum Gasteiger partial charge on any atom is 0.268 e. The van der Waals surface area contributed by atoms with Gasteiger partial charge in [0.2, 0.25) is 0 Å². The molecule has 0 atom stereocenters. The van der Waals surface area contributed by atoms with Crippen molar-refractivity contribution in [2.24, 2.45) is 0 Å². The summed E-state index contributed by atoms with van der Waals surface area (Å²) >= 11 is 3.72. The SMILES string of the molecule is O=C(NS)c1ccc2c(ccn2S(=O)(=O)c2ccccc2)c1. The summed E-state index contributed by atoms with van der Waals surface area (Å²) in [6, 6.07) is 14.6. The number of carbonyl (C=O) groups excluding carboxylic acids is 1. The normalized spacial score (nSPS) is 11.5. The highest BCUT2D eigenvalue weighted by Gasteiger charge is 2.18. The molecule has 0 aliphatic heterocycles. The van der Waals surface area contributed by atoms with E-state index in [2.05, 4.69) is 17.5 Å². The fourth-order valence-electron chi connectivity index (χ4n) is 2.24. The van der Waals surface area contributed by atoms with E-state index < -0.39 is 10.0 Å². The first-order chi connectivity index (χ1) is 10.5.